The van der Waals surface area contributed by atoms with Gasteiger partial charge in [0.2, 0.25) is 0 Å². The number of hydrogen-bond donors (Lipinski definition) is 2. The predicted molar refractivity (Wildman–Crippen MR) is 48.7 cm³/mol. The third-order valence-corrected chi connectivity index (χ3v) is 2.17. The van der Waals surface area contributed by atoms with E-state index in [1.165, 1.54) is 13.8 Å². The highest BCUT2D eigenvalue weighted by molar-refractivity contribution is 5.81. The van der Waals surface area contributed by atoms with Crippen molar-refractivity contribution in [3.63, 3.8) is 0 Å². The van der Waals surface area contributed by atoms with Gasteiger partial charge >= 0.3 is 5.97 Å². The van der Waals surface area contributed by atoms with E-state index in [1.54, 1.807) is 0 Å². The largest absolute Gasteiger partial charge is 0.508 e. The van der Waals surface area contributed by atoms with E-state index in [0.29, 0.717) is 0 Å². The van der Waals surface area contributed by atoms with Crippen LogP contribution in [0.1, 0.15) is 19.4 Å². The van der Waals surface area contributed by atoms with E-state index >= 15 is 0 Å². The molecule has 0 amide bonds. The van der Waals surface area contributed by atoms with Crippen molar-refractivity contribution in [2.45, 2.75) is 19.3 Å². The van der Waals surface area contributed by atoms with Gasteiger partial charge in [0, 0.05) is 5.56 Å². The average Bonchev–Trinajstić information content (AvgIpc) is 2.08. The van der Waals surface area contributed by atoms with Crippen LogP contribution in [0.5, 0.6) is 5.75 Å². The molecule has 0 aliphatic rings. The molecule has 14 heavy (non-hydrogen) atoms. The third-order valence-electron chi connectivity index (χ3n) is 2.17. The van der Waals surface area contributed by atoms with Gasteiger partial charge in [-0.2, -0.15) is 0 Å². The summed E-state index contributed by atoms with van der Waals surface area (Å²) in [4.78, 5) is 10.9. The van der Waals surface area contributed by atoms with Crippen LogP contribution in [0.3, 0.4) is 0 Å². The van der Waals surface area contributed by atoms with Crippen LogP contribution in [0, 0.1) is 5.82 Å². The van der Waals surface area contributed by atoms with E-state index in [9.17, 15) is 14.3 Å². The lowest BCUT2D eigenvalue weighted by Gasteiger charge is -2.20. The Morgan fingerprint density at radius 3 is 2.50 bits per heavy atom. The zero-order chi connectivity index (χ0) is 10.9. The quantitative estimate of drug-likeness (QED) is 0.762. The van der Waals surface area contributed by atoms with Crippen molar-refractivity contribution in [3.05, 3.63) is 29.6 Å². The molecule has 0 aliphatic carbocycles. The highest BCUT2D eigenvalue weighted by atomic mass is 19.1. The molecule has 76 valence electrons. The minimum absolute atomic E-state index is 0.0741. The summed E-state index contributed by atoms with van der Waals surface area (Å²) in [7, 11) is 0. The molecule has 0 saturated heterocycles. The third kappa shape index (κ3) is 1.69. The summed E-state index contributed by atoms with van der Waals surface area (Å²) in [6.07, 6.45) is 0. The fraction of sp³-hybridized carbons (Fsp3) is 0.300. The Hall–Kier alpha value is -1.58. The lowest BCUT2D eigenvalue weighted by molar-refractivity contribution is -0.142. The number of rotatable bonds is 2. The lowest BCUT2D eigenvalue weighted by Crippen LogP contribution is -2.28. The fourth-order valence-corrected chi connectivity index (χ4v) is 1.12. The first kappa shape index (κ1) is 10.5. The normalized spacial score (nSPS) is 11.4. The standard InChI is InChI=1S/C10H11FO3/c1-10(2,9(13)14)7-5-6(11)3-4-8(7)12/h3-5,12H,1-2H3,(H,13,14). The molecule has 3 nitrogen and oxygen atoms in total. The molecule has 2 N–H and O–H groups in total. The van der Waals surface area contributed by atoms with Crippen LogP contribution >= 0.6 is 0 Å². The number of phenols is 1. The topological polar surface area (TPSA) is 57.5 Å². The van der Waals surface area contributed by atoms with Gasteiger partial charge in [0.1, 0.15) is 11.6 Å². The molecule has 0 heterocycles. The first-order valence-electron chi connectivity index (χ1n) is 4.08. The van der Waals surface area contributed by atoms with Crippen LogP contribution in [-0.2, 0) is 10.2 Å². The second-order valence-corrected chi connectivity index (χ2v) is 3.59. The number of hydrogen-bond acceptors (Lipinski definition) is 2. The van der Waals surface area contributed by atoms with Crippen molar-refractivity contribution in [1.29, 1.82) is 0 Å². The number of carbonyl (C=O) groups is 1. The summed E-state index contributed by atoms with van der Waals surface area (Å²) < 4.78 is 12.8. The van der Waals surface area contributed by atoms with E-state index in [4.69, 9.17) is 5.11 Å². The van der Waals surface area contributed by atoms with Gasteiger partial charge in [-0.15, -0.1) is 0 Å². The molecule has 1 rings (SSSR count). The molecule has 0 radical (unpaired) electrons. The Morgan fingerprint density at radius 2 is 2.00 bits per heavy atom. The Bertz CT molecular complexity index is 372. The zero-order valence-corrected chi connectivity index (χ0v) is 7.91. The number of benzene rings is 1. The minimum atomic E-state index is -1.30. The van der Waals surface area contributed by atoms with Crippen LogP contribution in [0.4, 0.5) is 4.39 Å². The Morgan fingerprint density at radius 1 is 1.43 bits per heavy atom. The summed E-state index contributed by atoms with van der Waals surface area (Å²) in [5.74, 6) is -1.88. The van der Waals surface area contributed by atoms with Crippen LogP contribution in [0.2, 0.25) is 0 Å². The van der Waals surface area contributed by atoms with Gasteiger partial charge in [0.25, 0.3) is 0 Å². The molecule has 0 aliphatic heterocycles. The van der Waals surface area contributed by atoms with Gasteiger partial charge in [0.05, 0.1) is 5.41 Å². The molecule has 4 heteroatoms. The second-order valence-electron chi connectivity index (χ2n) is 3.59. The zero-order valence-electron chi connectivity index (χ0n) is 7.91. The molecule has 0 fully saturated rings. The Labute approximate surface area is 80.8 Å². The van der Waals surface area contributed by atoms with Gasteiger partial charge in [-0.3, -0.25) is 4.79 Å². The Balaban J connectivity index is 3.31. The van der Waals surface area contributed by atoms with Crippen molar-refractivity contribution in [3.8, 4) is 5.75 Å². The summed E-state index contributed by atoms with van der Waals surface area (Å²) in [6.45, 7) is 2.81. The summed E-state index contributed by atoms with van der Waals surface area (Å²) in [5, 5.41) is 18.3. The van der Waals surface area contributed by atoms with Crippen LogP contribution in [0.25, 0.3) is 0 Å². The van der Waals surface area contributed by atoms with E-state index in [0.717, 1.165) is 18.2 Å². The van der Waals surface area contributed by atoms with Gasteiger partial charge < -0.3 is 10.2 Å². The van der Waals surface area contributed by atoms with E-state index in [2.05, 4.69) is 0 Å². The van der Waals surface area contributed by atoms with E-state index in [-0.39, 0.29) is 11.3 Å². The maximum atomic E-state index is 12.8. The minimum Gasteiger partial charge on any atom is -0.508 e. The van der Waals surface area contributed by atoms with E-state index < -0.39 is 17.2 Å². The smallest absolute Gasteiger partial charge is 0.313 e. The number of aromatic hydroxyl groups is 1. The van der Waals surface area contributed by atoms with Crippen molar-refractivity contribution in [2.24, 2.45) is 0 Å². The summed E-state index contributed by atoms with van der Waals surface area (Å²) >= 11 is 0. The average molecular weight is 198 g/mol. The first-order chi connectivity index (χ1) is 6.35. The number of phenolic OH excluding ortho intramolecular Hbond substituents is 1. The first-order valence-corrected chi connectivity index (χ1v) is 4.08. The van der Waals surface area contributed by atoms with Crippen molar-refractivity contribution in [2.75, 3.05) is 0 Å². The maximum Gasteiger partial charge on any atom is 0.313 e. The molecule has 1 aromatic rings. The predicted octanol–water partition coefficient (Wildman–Crippen LogP) is 1.89. The molecular weight excluding hydrogens is 187 g/mol. The molecule has 0 atom stereocenters. The second kappa shape index (κ2) is 3.29. The highest BCUT2D eigenvalue weighted by Crippen LogP contribution is 2.31. The Kier molecular flexibility index (Phi) is 2.47. The molecule has 0 saturated carbocycles. The van der Waals surface area contributed by atoms with Crippen molar-refractivity contribution >= 4 is 5.97 Å². The van der Waals surface area contributed by atoms with Crippen molar-refractivity contribution in [1.82, 2.24) is 0 Å². The maximum absolute atomic E-state index is 12.8. The summed E-state index contributed by atoms with van der Waals surface area (Å²) in [6, 6.07) is 3.26. The van der Waals surface area contributed by atoms with Gasteiger partial charge in [-0.1, -0.05) is 0 Å². The monoisotopic (exact) mass is 198 g/mol. The molecule has 0 unspecified atom stereocenters. The number of carboxylic acids is 1. The molecule has 0 aromatic heterocycles. The summed E-state index contributed by atoms with van der Waals surface area (Å²) in [5.41, 5.74) is -1.23. The molecular formula is C10H11FO3. The van der Waals surface area contributed by atoms with E-state index in [1.807, 2.05) is 0 Å². The molecule has 1 aromatic carbocycles. The number of carboxylic acid groups (broad SMARTS) is 1. The van der Waals surface area contributed by atoms with Crippen LogP contribution in [0.15, 0.2) is 18.2 Å². The molecule has 0 bridgehead atoms. The number of aliphatic carboxylic acids is 1. The van der Waals surface area contributed by atoms with Gasteiger partial charge in [-0.05, 0) is 32.0 Å². The van der Waals surface area contributed by atoms with Crippen molar-refractivity contribution < 1.29 is 19.4 Å². The highest BCUT2D eigenvalue weighted by Gasteiger charge is 2.32. The fourth-order valence-electron chi connectivity index (χ4n) is 1.12. The lowest BCUT2D eigenvalue weighted by atomic mass is 9.84. The van der Waals surface area contributed by atoms with Gasteiger partial charge in [0.15, 0.2) is 0 Å². The number of halogens is 1. The molecule has 0 spiro atoms. The van der Waals surface area contributed by atoms with Gasteiger partial charge in [-0.25, -0.2) is 4.39 Å². The van der Waals surface area contributed by atoms with Crippen LogP contribution < -0.4 is 0 Å². The van der Waals surface area contributed by atoms with Crippen LogP contribution in [-0.4, -0.2) is 16.2 Å². The SMILES string of the molecule is CC(C)(C(=O)O)c1cc(F)ccc1O.